The Balaban J connectivity index is 0.000000261. The first kappa shape index (κ1) is 37.2. The Kier molecular flexibility index (Phi) is 12.3. The van der Waals surface area contributed by atoms with Crippen molar-refractivity contribution in [1.29, 1.82) is 0 Å². The summed E-state index contributed by atoms with van der Waals surface area (Å²) in [4.78, 5) is 0. The van der Waals surface area contributed by atoms with Gasteiger partial charge in [0.15, 0.2) is 5.11 Å². The van der Waals surface area contributed by atoms with Crippen molar-refractivity contribution in [3.8, 4) is 0 Å². The smallest absolute Gasteiger partial charge is 0.381 e. The normalized spacial score (nSPS) is 11.6. The van der Waals surface area contributed by atoms with Gasteiger partial charge in [-0.15, -0.1) is 0 Å². The molecule has 0 bridgehead atoms. The van der Waals surface area contributed by atoms with E-state index in [1.807, 2.05) is 25.1 Å². The van der Waals surface area contributed by atoms with Crippen molar-refractivity contribution in [2.24, 2.45) is 0 Å². The molecule has 0 aliphatic rings. The molecule has 0 fully saturated rings. The summed E-state index contributed by atoms with van der Waals surface area (Å²) in [6.07, 6.45) is -4.39. The van der Waals surface area contributed by atoms with Crippen LogP contribution >= 0.6 is 12.2 Å². The van der Waals surface area contributed by atoms with Crippen molar-refractivity contribution >= 4 is 45.8 Å². The maximum Gasteiger partial charge on any atom is 0.416 e. The summed E-state index contributed by atoms with van der Waals surface area (Å²) in [5.74, 6) is 0. The Morgan fingerprint density at radius 1 is 0.617 bits per heavy atom. The van der Waals surface area contributed by atoms with E-state index in [9.17, 15) is 13.2 Å². The lowest BCUT2D eigenvalue weighted by Gasteiger charge is -2.24. The number of anilines is 5. The summed E-state index contributed by atoms with van der Waals surface area (Å²) in [6.45, 7) is 19.8. The number of aryl methyl sites for hydroxylation is 3. The number of halogens is 3. The fourth-order valence-electron chi connectivity index (χ4n) is 4.60. The number of hydrogen-bond donors (Lipinski definition) is 5. The fourth-order valence-corrected chi connectivity index (χ4v) is 4.84. The Labute approximate surface area is 283 Å². The molecule has 0 saturated carbocycles. The van der Waals surface area contributed by atoms with Crippen LogP contribution in [-0.4, -0.2) is 16.2 Å². The Bertz CT molecular complexity index is 1650. The van der Waals surface area contributed by atoms with Gasteiger partial charge in [-0.2, -0.15) is 13.2 Å². The molecule has 0 saturated heterocycles. The third-order valence-electron chi connectivity index (χ3n) is 6.78. The van der Waals surface area contributed by atoms with E-state index in [0.717, 1.165) is 41.3 Å². The third-order valence-corrected chi connectivity index (χ3v) is 6.98. The molecule has 252 valence electrons. The number of benzene rings is 4. The summed E-state index contributed by atoms with van der Waals surface area (Å²) in [7, 11) is 0. The second-order valence-corrected chi connectivity index (χ2v) is 14.2. The average molecular weight is 664 g/mol. The molecule has 0 radical (unpaired) electrons. The minimum Gasteiger partial charge on any atom is -0.381 e. The minimum absolute atomic E-state index is 0.0694. The SMILES string of the molecule is Cc1ccc(NC(=S)Nc2cccc(C(F)(F)F)c2)cc1NC(C)(C)C.Cc1cccc(CNc2ccc(C)c(NC(C)(C)C)c2)c1. The molecule has 5 nitrogen and oxygen atoms in total. The zero-order chi connectivity index (χ0) is 35.0. The van der Waals surface area contributed by atoms with Crippen molar-refractivity contribution in [2.45, 2.75) is 86.1 Å². The standard InChI is InChI=1S/C19H22F3N3S.C19H26N2/c1-12-8-9-15(11-16(12)25-18(2,3)4)24-17(26)23-14-7-5-6-13(10-14)19(20,21)22;1-14-7-6-8-16(11-14)13-20-17-10-9-15(2)18(12-17)21-19(3,4)5/h5-11,25H,1-4H3,(H2,23,24,26);6-12,20-21H,13H2,1-5H3. The van der Waals surface area contributed by atoms with Gasteiger partial charge in [0.1, 0.15) is 0 Å². The second kappa shape index (κ2) is 15.6. The van der Waals surface area contributed by atoms with Crippen LogP contribution in [0.3, 0.4) is 0 Å². The molecule has 4 rings (SSSR count). The number of alkyl halides is 3. The summed E-state index contributed by atoms with van der Waals surface area (Å²) in [5.41, 5.74) is 8.53. The molecule has 47 heavy (non-hydrogen) atoms. The van der Waals surface area contributed by atoms with E-state index >= 15 is 0 Å². The first-order valence-corrected chi connectivity index (χ1v) is 16.0. The predicted molar refractivity (Wildman–Crippen MR) is 199 cm³/mol. The first-order valence-electron chi connectivity index (χ1n) is 15.6. The van der Waals surface area contributed by atoms with Crippen molar-refractivity contribution in [3.63, 3.8) is 0 Å². The van der Waals surface area contributed by atoms with Crippen molar-refractivity contribution < 1.29 is 13.2 Å². The topological polar surface area (TPSA) is 60.1 Å². The van der Waals surface area contributed by atoms with Crippen LogP contribution < -0.4 is 26.6 Å². The van der Waals surface area contributed by atoms with Crippen LogP contribution in [0.2, 0.25) is 0 Å². The third kappa shape index (κ3) is 13.2. The molecule has 0 spiro atoms. The van der Waals surface area contributed by atoms with E-state index in [0.29, 0.717) is 0 Å². The highest BCUT2D eigenvalue weighted by Crippen LogP contribution is 2.31. The van der Waals surface area contributed by atoms with Crippen LogP contribution in [0.5, 0.6) is 0 Å². The molecule has 9 heteroatoms. The highest BCUT2D eigenvalue weighted by atomic mass is 32.1. The largest absolute Gasteiger partial charge is 0.416 e. The number of thiocarbonyl (C=S) groups is 1. The Morgan fingerprint density at radius 3 is 1.66 bits per heavy atom. The van der Waals surface area contributed by atoms with Crippen LogP contribution in [-0.2, 0) is 12.7 Å². The lowest BCUT2D eigenvalue weighted by molar-refractivity contribution is -0.137. The highest BCUT2D eigenvalue weighted by Gasteiger charge is 2.30. The molecule has 0 heterocycles. The zero-order valence-corrected chi connectivity index (χ0v) is 29.6. The van der Waals surface area contributed by atoms with E-state index in [2.05, 4.69) is 124 Å². The molecule has 4 aromatic carbocycles. The summed E-state index contributed by atoms with van der Waals surface area (Å²) < 4.78 is 38.4. The first-order chi connectivity index (χ1) is 21.8. The van der Waals surface area contributed by atoms with Gasteiger partial charge in [0.25, 0.3) is 0 Å². The van der Waals surface area contributed by atoms with Gasteiger partial charge in [-0.3, -0.25) is 0 Å². The Hall–Kier alpha value is -4.24. The summed E-state index contributed by atoms with van der Waals surface area (Å²) >= 11 is 5.22. The van der Waals surface area contributed by atoms with Gasteiger partial charge >= 0.3 is 6.18 Å². The van der Waals surface area contributed by atoms with Gasteiger partial charge < -0.3 is 26.6 Å². The van der Waals surface area contributed by atoms with Gasteiger partial charge in [-0.1, -0.05) is 48.0 Å². The highest BCUT2D eigenvalue weighted by molar-refractivity contribution is 7.80. The van der Waals surface area contributed by atoms with Crippen LogP contribution in [0.4, 0.5) is 41.6 Å². The minimum atomic E-state index is -4.39. The van der Waals surface area contributed by atoms with Gasteiger partial charge in [-0.25, -0.2) is 0 Å². The molecule has 0 aromatic heterocycles. The molecule has 0 atom stereocenters. The van der Waals surface area contributed by atoms with Crippen LogP contribution in [0.15, 0.2) is 84.9 Å². The van der Waals surface area contributed by atoms with Crippen molar-refractivity contribution in [3.05, 3.63) is 113 Å². The van der Waals surface area contributed by atoms with E-state index in [1.54, 1.807) is 0 Å². The van der Waals surface area contributed by atoms with E-state index < -0.39 is 11.7 Å². The van der Waals surface area contributed by atoms with Gasteiger partial charge in [-0.05, 0) is 134 Å². The van der Waals surface area contributed by atoms with Crippen LogP contribution in [0, 0.1) is 20.8 Å². The van der Waals surface area contributed by atoms with Crippen molar-refractivity contribution in [2.75, 3.05) is 26.6 Å². The molecule has 4 aromatic rings. The average Bonchev–Trinajstić information content (AvgIpc) is 2.94. The molecule has 0 unspecified atom stereocenters. The van der Waals surface area contributed by atoms with E-state index in [1.165, 1.54) is 34.5 Å². The van der Waals surface area contributed by atoms with E-state index in [-0.39, 0.29) is 21.9 Å². The molecule has 0 amide bonds. The lowest BCUT2D eigenvalue weighted by atomic mass is 10.1. The maximum atomic E-state index is 12.8. The maximum absolute atomic E-state index is 12.8. The monoisotopic (exact) mass is 663 g/mol. The zero-order valence-electron chi connectivity index (χ0n) is 28.8. The van der Waals surface area contributed by atoms with Gasteiger partial charge in [0.05, 0.1) is 5.56 Å². The molecular weight excluding hydrogens is 616 g/mol. The number of nitrogens with one attached hydrogen (secondary N) is 5. The number of rotatable bonds is 7. The lowest BCUT2D eigenvalue weighted by Crippen LogP contribution is -2.26. The summed E-state index contributed by atoms with van der Waals surface area (Å²) in [5, 5.41) is 16.5. The van der Waals surface area contributed by atoms with Gasteiger partial charge in [0, 0.05) is 46.1 Å². The second-order valence-electron chi connectivity index (χ2n) is 13.8. The predicted octanol–water partition coefficient (Wildman–Crippen LogP) is 11.2. The van der Waals surface area contributed by atoms with Crippen LogP contribution in [0.1, 0.15) is 69.4 Å². The molecular formula is C38H48F3N5S. The molecule has 0 aliphatic carbocycles. The molecule has 0 aliphatic heterocycles. The van der Waals surface area contributed by atoms with Crippen LogP contribution in [0.25, 0.3) is 0 Å². The van der Waals surface area contributed by atoms with Crippen molar-refractivity contribution in [1.82, 2.24) is 0 Å². The Morgan fingerprint density at radius 2 is 1.13 bits per heavy atom. The van der Waals surface area contributed by atoms with Gasteiger partial charge in [0.2, 0.25) is 0 Å². The summed E-state index contributed by atoms with van der Waals surface area (Å²) in [6, 6.07) is 25.7. The quantitative estimate of drug-likeness (QED) is 0.127. The fraction of sp³-hybridized carbons (Fsp3) is 0.342. The van der Waals surface area contributed by atoms with E-state index in [4.69, 9.17) is 12.2 Å². The molecule has 5 N–H and O–H groups in total. The number of hydrogen-bond acceptors (Lipinski definition) is 4.